The third kappa shape index (κ3) is 5.84. The summed E-state index contributed by atoms with van der Waals surface area (Å²) in [7, 11) is -2.73. The Morgan fingerprint density at radius 1 is 1.36 bits per heavy atom. The van der Waals surface area contributed by atoms with Crippen LogP contribution in [0.1, 0.15) is 12.0 Å². The van der Waals surface area contributed by atoms with E-state index in [9.17, 15) is 22.8 Å². The molecule has 8 nitrogen and oxygen atoms in total. The standard InChI is InChI=1S/C18H20FN3O5S/c1-13(19)10-17(18(23)22(24)12-14-4-3-9-20-11-14)21-28(25,26)16-7-5-15(27-2)6-8-16/h3-9,11,17,21,24H,1,10,12H2,2H3/t17-/m0/s1. The molecule has 0 aliphatic heterocycles. The number of rotatable bonds is 9. The van der Waals surface area contributed by atoms with Crippen LogP contribution in [0, 0.1) is 0 Å². The van der Waals surface area contributed by atoms with Crippen LogP contribution in [0.5, 0.6) is 5.75 Å². The van der Waals surface area contributed by atoms with Gasteiger partial charge in [0.05, 0.1) is 24.4 Å². The van der Waals surface area contributed by atoms with E-state index in [1.165, 1.54) is 43.8 Å². The lowest BCUT2D eigenvalue weighted by molar-refractivity contribution is -0.170. The number of sulfonamides is 1. The Bertz CT molecular complexity index is 920. The van der Waals surface area contributed by atoms with Crippen molar-refractivity contribution < 1.29 is 27.5 Å². The van der Waals surface area contributed by atoms with Crippen LogP contribution in [0.15, 0.2) is 66.1 Å². The van der Waals surface area contributed by atoms with Crippen LogP contribution in [0.4, 0.5) is 4.39 Å². The predicted molar refractivity (Wildman–Crippen MR) is 98.5 cm³/mol. The Morgan fingerprint density at radius 2 is 2.04 bits per heavy atom. The summed E-state index contributed by atoms with van der Waals surface area (Å²) >= 11 is 0. The SMILES string of the molecule is C=C(F)C[C@H](NS(=O)(=O)c1ccc(OC)cc1)C(=O)N(O)Cc1cccnc1. The van der Waals surface area contributed by atoms with Gasteiger partial charge in [0.1, 0.15) is 11.8 Å². The molecule has 2 rings (SSSR count). The average molecular weight is 409 g/mol. The molecule has 0 radical (unpaired) electrons. The van der Waals surface area contributed by atoms with Crippen LogP contribution in [-0.2, 0) is 21.4 Å². The summed E-state index contributed by atoms with van der Waals surface area (Å²) in [6, 6.07) is 7.07. The van der Waals surface area contributed by atoms with Gasteiger partial charge in [-0.25, -0.2) is 17.9 Å². The second kappa shape index (κ2) is 9.40. The molecule has 1 amide bonds. The number of carbonyl (C=O) groups excluding carboxylic acids is 1. The Labute approximate surface area is 162 Å². The molecule has 1 aromatic heterocycles. The van der Waals surface area contributed by atoms with Gasteiger partial charge < -0.3 is 4.74 Å². The molecule has 1 heterocycles. The van der Waals surface area contributed by atoms with Crippen LogP contribution >= 0.6 is 0 Å². The van der Waals surface area contributed by atoms with E-state index in [0.29, 0.717) is 16.4 Å². The predicted octanol–water partition coefficient (Wildman–Crippen LogP) is 2.03. The number of carbonyl (C=O) groups is 1. The summed E-state index contributed by atoms with van der Waals surface area (Å²) in [5.74, 6) is -1.49. The summed E-state index contributed by atoms with van der Waals surface area (Å²) in [6.45, 7) is 2.82. The highest BCUT2D eigenvalue weighted by Crippen LogP contribution is 2.17. The maximum Gasteiger partial charge on any atom is 0.264 e. The highest BCUT2D eigenvalue weighted by Gasteiger charge is 2.30. The summed E-state index contributed by atoms with van der Waals surface area (Å²) in [5, 5.41) is 10.3. The van der Waals surface area contributed by atoms with E-state index >= 15 is 0 Å². The highest BCUT2D eigenvalue weighted by molar-refractivity contribution is 7.89. The summed E-state index contributed by atoms with van der Waals surface area (Å²) < 4.78 is 45.5. The van der Waals surface area contributed by atoms with E-state index in [1.54, 1.807) is 12.1 Å². The van der Waals surface area contributed by atoms with E-state index in [1.807, 2.05) is 0 Å². The molecule has 0 unspecified atom stereocenters. The minimum Gasteiger partial charge on any atom is -0.497 e. The van der Waals surface area contributed by atoms with Crippen LogP contribution < -0.4 is 9.46 Å². The zero-order chi connectivity index (χ0) is 20.7. The van der Waals surface area contributed by atoms with Gasteiger partial charge in [0.2, 0.25) is 10.0 Å². The molecular formula is C18H20FN3O5S. The Balaban J connectivity index is 2.19. The third-order valence-corrected chi connectivity index (χ3v) is 5.19. The number of nitrogens with zero attached hydrogens (tertiary/aromatic N) is 2. The fraction of sp³-hybridized carbons (Fsp3) is 0.222. The van der Waals surface area contributed by atoms with Gasteiger partial charge >= 0.3 is 0 Å². The largest absolute Gasteiger partial charge is 0.497 e. The first-order valence-corrected chi connectivity index (χ1v) is 9.60. The number of amides is 1. The second-order valence-corrected chi connectivity index (χ2v) is 7.54. The van der Waals surface area contributed by atoms with Crippen molar-refractivity contribution >= 4 is 15.9 Å². The lowest BCUT2D eigenvalue weighted by atomic mass is 10.2. The fourth-order valence-electron chi connectivity index (χ4n) is 2.33. The van der Waals surface area contributed by atoms with Gasteiger partial charge in [0, 0.05) is 18.8 Å². The maximum atomic E-state index is 13.4. The molecule has 150 valence electrons. The molecule has 2 aromatic rings. The van der Waals surface area contributed by atoms with Gasteiger partial charge in [-0.2, -0.15) is 4.72 Å². The first kappa shape index (κ1) is 21.5. The fourth-order valence-corrected chi connectivity index (χ4v) is 3.52. The molecule has 2 N–H and O–H groups in total. The van der Waals surface area contributed by atoms with Crippen LogP contribution in [0.3, 0.4) is 0 Å². The van der Waals surface area contributed by atoms with Crippen LogP contribution in [-0.4, -0.2) is 42.7 Å². The molecule has 0 fully saturated rings. The van der Waals surface area contributed by atoms with Crippen molar-refractivity contribution in [1.29, 1.82) is 0 Å². The zero-order valence-electron chi connectivity index (χ0n) is 15.1. The zero-order valence-corrected chi connectivity index (χ0v) is 15.9. The van der Waals surface area contributed by atoms with Crippen molar-refractivity contribution in [2.45, 2.75) is 23.9 Å². The number of aromatic nitrogens is 1. The first-order valence-electron chi connectivity index (χ1n) is 8.11. The van der Waals surface area contributed by atoms with E-state index in [2.05, 4.69) is 16.3 Å². The maximum absolute atomic E-state index is 13.4. The number of hydrogen-bond acceptors (Lipinski definition) is 6. The van der Waals surface area contributed by atoms with E-state index in [-0.39, 0.29) is 11.4 Å². The van der Waals surface area contributed by atoms with Crippen molar-refractivity contribution in [2.24, 2.45) is 0 Å². The number of ether oxygens (including phenoxy) is 1. The average Bonchev–Trinajstić information content (AvgIpc) is 2.67. The van der Waals surface area contributed by atoms with E-state index in [0.717, 1.165) is 0 Å². The van der Waals surface area contributed by atoms with E-state index < -0.39 is 34.2 Å². The molecule has 0 aliphatic rings. The number of nitrogens with one attached hydrogen (secondary N) is 1. The van der Waals surface area contributed by atoms with E-state index in [4.69, 9.17) is 4.74 Å². The molecule has 0 aliphatic carbocycles. The number of pyridine rings is 1. The quantitative estimate of drug-likeness (QED) is 0.485. The molecule has 1 aromatic carbocycles. The second-order valence-electron chi connectivity index (χ2n) is 5.83. The molecule has 0 saturated heterocycles. The summed E-state index contributed by atoms with van der Waals surface area (Å²) in [4.78, 5) is 16.2. The van der Waals surface area contributed by atoms with Crippen molar-refractivity contribution in [3.63, 3.8) is 0 Å². The number of methoxy groups -OCH3 is 1. The highest BCUT2D eigenvalue weighted by atomic mass is 32.2. The lowest BCUT2D eigenvalue weighted by Crippen LogP contribution is -2.47. The van der Waals surface area contributed by atoms with Gasteiger partial charge in [-0.3, -0.25) is 15.0 Å². The number of halogens is 1. The van der Waals surface area contributed by atoms with Crippen molar-refractivity contribution in [1.82, 2.24) is 14.8 Å². The smallest absolute Gasteiger partial charge is 0.264 e. The number of hydrogen-bond donors (Lipinski definition) is 2. The minimum absolute atomic E-state index is 0.146. The molecule has 0 bridgehead atoms. The van der Waals surface area contributed by atoms with Gasteiger partial charge in [-0.15, -0.1) is 0 Å². The van der Waals surface area contributed by atoms with Crippen LogP contribution in [0.25, 0.3) is 0 Å². The Hall–Kier alpha value is -2.82. The molecule has 1 atom stereocenters. The molecule has 0 spiro atoms. The summed E-state index contributed by atoms with van der Waals surface area (Å²) in [6.07, 6.45) is 2.32. The number of benzene rings is 1. The minimum atomic E-state index is -4.17. The molecule has 0 saturated carbocycles. The van der Waals surface area contributed by atoms with Gasteiger partial charge in [-0.05, 0) is 35.9 Å². The Morgan fingerprint density at radius 3 is 2.57 bits per heavy atom. The van der Waals surface area contributed by atoms with Crippen LogP contribution in [0.2, 0.25) is 0 Å². The molecular weight excluding hydrogens is 389 g/mol. The summed E-state index contributed by atoms with van der Waals surface area (Å²) in [5.41, 5.74) is 0.509. The topological polar surface area (TPSA) is 109 Å². The Kier molecular flexibility index (Phi) is 7.21. The molecule has 28 heavy (non-hydrogen) atoms. The number of hydroxylamine groups is 2. The van der Waals surface area contributed by atoms with Gasteiger partial charge in [0.15, 0.2) is 0 Å². The van der Waals surface area contributed by atoms with Crippen molar-refractivity contribution in [2.75, 3.05) is 7.11 Å². The lowest BCUT2D eigenvalue weighted by Gasteiger charge is -2.22. The van der Waals surface area contributed by atoms with Crippen molar-refractivity contribution in [3.8, 4) is 5.75 Å². The van der Waals surface area contributed by atoms with Gasteiger partial charge in [-0.1, -0.05) is 12.6 Å². The van der Waals surface area contributed by atoms with Gasteiger partial charge in [0.25, 0.3) is 5.91 Å². The monoisotopic (exact) mass is 409 g/mol. The third-order valence-electron chi connectivity index (χ3n) is 3.70. The molecule has 10 heteroatoms. The van der Waals surface area contributed by atoms with Crippen molar-refractivity contribution in [3.05, 3.63) is 66.8 Å². The first-order chi connectivity index (χ1) is 13.2. The normalized spacial score (nSPS) is 12.2.